The second kappa shape index (κ2) is 4.99. The summed E-state index contributed by atoms with van der Waals surface area (Å²) in [6, 6.07) is 3.16. The minimum absolute atomic E-state index is 0.153. The van der Waals surface area contributed by atoms with Gasteiger partial charge in [-0.1, -0.05) is 23.8 Å². The van der Waals surface area contributed by atoms with E-state index in [0.717, 1.165) is 6.42 Å². The van der Waals surface area contributed by atoms with Crippen molar-refractivity contribution in [1.82, 2.24) is 0 Å². The van der Waals surface area contributed by atoms with Crippen LogP contribution in [-0.4, -0.2) is 26.0 Å². The third-order valence-corrected chi connectivity index (χ3v) is 5.46. The van der Waals surface area contributed by atoms with Gasteiger partial charge in [-0.05, 0) is 18.3 Å². The van der Waals surface area contributed by atoms with Crippen LogP contribution in [0.3, 0.4) is 0 Å². The van der Waals surface area contributed by atoms with Crippen LogP contribution in [0.2, 0.25) is 5.02 Å². The van der Waals surface area contributed by atoms with Crippen molar-refractivity contribution in [2.75, 3.05) is 19.1 Å². The highest BCUT2D eigenvalue weighted by molar-refractivity contribution is 6.32. The van der Waals surface area contributed by atoms with Crippen LogP contribution >= 0.6 is 11.6 Å². The van der Waals surface area contributed by atoms with Crippen LogP contribution in [0, 0.1) is 23.7 Å². The Kier molecular flexibility index (Phi) is 3.17. The minimum Gasteiger partial charge on any atom is -0.495 e. The van der Waals surface area contributed by atoms with Crippen molar-refractivity contribution in [1.29, 1.82) is 0 Å². The quantitative estimate of drug-likeness (QED) is 0.630. The van der Waals surface area contributed by atoms with Crippen molar-refractivity contribution in [2.45, 2.75) is 6.42 Å². The second-order valence-electron chi connectivity index (χ2n) is 6.17. The molecule has 1 heterocycles. The van der Waals surface area contributed by atoms with E-state index in [-0.39, 0.29) is 35.5 Å². The third-order valence-electron chi connectivity index (χ3n) is 5.16. The molecule has 1 saturated heterocycles. The van der Waals surface area contributed by atoms with Crippen molar-refractivity contribution in [2.24, 2.45) is 23.7 Å². The predicted octanol–water partition coefficient (Wildman–Crippen LogP) is 2.67. The van der Waals surface area contributed by atoms with Gasteiger partial charge in [0.2, 0.25) is 11.8 Å². The Morgan fingerprint density at radius 1 is 1.00 bits per heavy atom. The van der Waals surface area contributed by atoms with E-state index in [0.29, 0.717) is 22.2 Å². The van der Waals surface area contributed by atoms with Crippen LogP contribution < -0.4 is 14.4 Å². The number of amides is 2. The molecular formula is C17H16ClNO4. The van der Waals surface area contributed by atoms with E-state index >= 15 is 0 Å². The van der Waals surface area contributed by atoms with Crippen LogP contribution in [0.25, 0.3) is 0 Å². The Morgan fingerprint density at radius 2 is 1.57 bits per heavy atom. The first-order valence-electron chi connectivity index (χ1n) is 7.54. The molecule has 2 bridgehead atoms. The summed E-state index contributed by atoms with van der Waals surface area (Å²) in [4.78, 5) is 27.0. The number of methoxy groups -OCH3 is 2. The molecule has 23 heavy (non-hydrogen) atoms. The Hall–Kier alpha value is -2.01. The van der Waals surface area contributed by atoms with Gasteiger partial charge in [0, 0.05) is 12.1 Å². The monoisotopic (exact) mass is 333 g/mol. The molecule has 3 aliphatic rings. The van der Waals surface area contributed by atoms with Crippen LogP contribution in [-0.2, 0) is 9.59 Å². The van der Waals surface area contributed by atoms with Crippen LogP contribution in [0.4, 0.5) is 5.69 Å². The van der Waals surface area contributed by atoms with E-state index in [1.807, 2.05) is 0 Å². The minimum atomic E-state index is -0.246. The summed E-state index contributed by atoms with van der Waals surface area (Å²) in [5.74, 6) is 0.337. The van der Waals surface area contributed by atoms with Gasteiger partial charge in [-0.15, -0.1) is 0 Å². The third kappa shape index (κ3) is 1.86. The van der Waals surface area contributed by atoms with Crippen molar-refractivity contribution in [3.8, 4) is 11.5 Å². The van der Waals surface area contributed by atoms with Crippen molar-refractivity contribution >= 4 is 29.1 Å². The molecular weight excluding hydrogens is 318 g/mol. The molecule has 2 fully saturated rings. The predicted molar refractivity (Wildman–Crippen MR) is 84.8 cm³/mol. The lowest BCUT2D eigenvalue weighted by molar-refractivity contribution is -0.123. The Balaban J connectivity index is 1.80. The number of hydrogen-bond donors (Lipinski definition) is 0. The van der Waals surface area contributed by atoms with Gasteiger partial charge < -0.3 is 9.47 Å². The molecule has 0 spiro atoms. The molecule has 0 radical (unpaired) electrons. The highest BCUT2D eigenvalue weighted by Crippen LogP contribution is 2.54. The SMILES string of the molecule is COc1cc(N2C(=O)[C@@H]3[C@H](C2=O)[C@@H]2C=C[C@H]3C2)c(OC)cc1Cl. The van der Waals surface area contributed by atoms with Gasteiger partial charge in [0.05, 0.1) is 36.8 Å². The topological polar surface area (TPSA) is 55.8 Å². The summed E-state index contributed by atoms with van der Waals surface area (Å²) >= 11 is 6.11. The summed E-state index contributed by atoms with van der Waals surface area (Å²) in [5, 5.41) is 0.370. The standard InChI is InChI=1S/C17H16ClNO4/c1-22-12-7-11(13(23-2)6-10(12)18)19-16(20)14-8-3-4-9(5-8)15(14)17(19)21/h3-4,6-9,14-15H,5H2,1-2H3/t8-,9+,14-,15+. The van der Waals surface area contributed by atoms with Gasteiger partial charge >= 0.3 is 0 Å². The number of anilines is 1. The number of fused-ring (bicyclic) bond motifs is 5. The van der Waals surface area contributed by atoms with Crippen LogP contribution in [0.5, 0.6) is 11.5 Å². The van der Waals surface area contributed by atoms with E-state index in [2.05, 4.69) is 12.2 Å². The molecule has 1 aromatic carbocycles. The average molecular weight is 334 g/mol. The highest BCUT2D eigenvalue weighted by Gasteiger charge is 2.60. The van der Waals surface area contributed by atoms with Crippen molar-refractivity contribution < 1.29 is 19.1 Å². The Bertz CT molecular complexity index is 714. The first-order chi connectivity index (χ1) is 11.1. The largest absolute Gasteiger partial charge is 0.495 e. The normalized spacial score (nSPS) is 31.0. The van der Waals surface area contributed by atoms with Gasteiger partial charge in [0.1, 0.15) is 11.5 Å². The zero-order valence-electron chi connectivity index (χ0n) is 12.8. The van der Waals surface area contributed by atoms with E-state index in [4.69, 9.17) is 21.1 Å². The van der Waals surface area contributed by atoms with Gasteiger partial charge in [-0.25, -0.2) is 4.90 Å². The molecule has 1 aliphatic heterocycles. The lowest BCUT2D eigenvalue weighted by atomic mass is 9.85. The van der Waals surface area contributed by atoms with Gasteiger partial charge in [-0.2, -0.15) is 0 Å². The molecule has 6 heteroatoms. The maximum atomic E-state index is 12.9. The summed E-state index contributed by atoms with van der Waals surface area (Å²) in [5.41, 5.74) is 0.401. The smallest absolute Gasteiger partial charge is 0.238 e. The van der Waals surface area contributed by atoms with Gasteiger partial charge in [0.15, 0.2) is 0 Å². The number of ether oxygens (including phenoxy) is 2. The van der Waals surface area contributed by atoms with Crippen molar-refractivity contribution in [3.63, 3.8) is 0 Å². The number of benzene rings is 1. The number of carbonyl (C=O) groups is 2. The molecule has 0 aromatic heterocycles. The van der Waals surface area contributed by atoms with E-state index in [1.165, 1.54) is 19.1 Å². The van der Waals surface area contributed by atoms with E-state index in [1.54, 1.807) is 12.1 Å². The molecule has 2 amide bonds. The van der Waals surface area contributed by atoms with E-state index in [9.17, 15) is 9.59 Å². The molecule has 4 rings (SSSR count). The molecule has 1 aromatic rings. The molecule has 4 atom stereocenters. The average Bonchev–Trinajstić information content (AvgIpc) is 3.22. The molecule has 0 unspecified atom stereocenters. The molecule has 1 saturated carbocycles. The zero-order valence-corrected chi connectivity index (χ0v) is 13.5. The number of allylic oxidation sites excluding steroid dienone is 2. The number of hydrogen-bond acceptors (Lipinski definition) is 4. The molecule has 5 nitrogen and oxygen atoms in total. The fourth-order valence-electron chi connectivity index (χ4n) is 4.16. The molecule has 0 N–H and O–H groups in total. The van der Waals surface area contributed by atoms with Gasteiger partial charge in [-0.3, -0.25) is 9.59 Å². The second-order valence-corrected chi connectivity index (χ2v) is 6.58. The highest BCUT2D eigenvalue weighted by atomic mass is 35.5. The fourth-order valence-corrected chi connectivity index (χ4v) is 4.39. The maximum absolute atomic E-state index is 12.9. The van der Waals surface area contributed by atoms with E-state index < -0.39 is 0 Å². The number of rotatable bonds is 3. The number of carbonyl (C=O) groups excluding carboxylic acids is 2. The van der Waals surface area contributed by atoms with Crippen LogP contribution in [0.15, 0.2) is 24.3 Å². The number of imide groups is 1. The fraction of sp³-hybridized carbons (Fsp3) is 0.412. The summed E-state index contributed by atoms with van der Waals surface area (Å²) in [6.07, 6.45) is 5.04. The van der Waals surface area contributed by atoms with Crippen molar-refractivity contribution in [3.05, 3.63) is 29.3 Å². The number of nitrogens with zero attached hydrogens (tertiary/aromatic N) is 1. The summed E-state index contributed by atoms with van der Waals surface area (Å²) < 4.78 is 10.5. The summed E-state index contributed by atoms with van der Waals surface area (Å²) in [7, 11) is 2.97. The first-order valence-corrected chi connectivity index (χ1v) is 7.92. The number of halogens is 1. The summed E-state index contributed by atoms with van der Waals surface area (Å²) in [6.45, 7) is 0. The Labute approximate surface area is 138 Å². The lowest BCUT2D eigenvalue weighted by Gasteiger charge is -2.21. The lowest BCUT2D eigenvalue weighted by Crippen LogP contribution is -2.33. The molecule has 2 aliphatic carbocycles. The maximum Gasteiger partial charge on any atom is 0.238 e. The Morgan fingerprint density at radius 3 is 2.09 bits per heavy atom. The molecule has 120 valence electrons. The van der Waals surface area contributed by atoms with Gasteiger partial charge in [0.25, 0.3) is 0 Å². The first kappa shape index (κ1) is 14.6. The van der Waals surface area contributed by atoms with Crippen LogP contribution in [0.1, 0.15) is 6.42 Å². The zero-order chi connectivity index (χ0) is 16.3.